The molecule has 22 heavy (non-hydrogen) atoms. The maximum Gasteiger partial charge on any atom is 0.387 e. The Morgan fingerprint density at radius 3 is 2.23 bits per heavy atom. The van der Waals surface area contributed by atoms with Crippen molar-refractivity contribution in [2.45, 2.75) is 57.3 Å². The topological polar surface area (TPSA) is 61.5 Å². The number of hydrogen-bond donors (Lipinski definition) is 1. The Balaban J connectivity index is 2.22. The van der Waals surface area contributed by atoms with Gasteiger partial charge in [0.1, 0.15) is 11.4 Å². The normalized spacial score (nSPS) is 24.8. The van der Waals surface area contributed by atoms with E-state index in [2.05, 4.69) is 4.74 Å². The van der Waals surface area contributed by atoms with Gasteiger partial charge in [0, 0.05) is 6.04 Å². The molecule has 0 spiro atoms. The molecule has 1 fully saturated rings. The number of carbonyl (C=O) groups excluding carboxylic acids is 1. The molecule has 0 unspecified atom stereocenters. The van der Waals surface area contributed by atoms with Gasteiger partial charge in [-0.25, -0.2) is 0 Å². The highest BCUT2D eigenvalue weighted by atomic mass is 19.3. The molecule has 1 aromatic rings. The Labute approximate surface area is 128 Å². The number of ether oxygens (including phenoxy) is 2. The minimum atomic E-state index is -2.87. The van der Waals surface area contributed by atoms with Gasteiger partial charge in [0.25, 0.3) is 0 Å². The smallest absolute Gasteiger partial charge is 0.387 e. The fraction of sp³-hybridized carbons (Fsp3) is 0.562. The van der Waals surface area contributed by atoms with Crippen LogP contribution in [-0.4, -0.2) is 24.2 Å². The van der Waals surface area contributed by atoms with Crippen LogP contribution in [0.25, 0.3) is 0 Å². The molecular weight excluding hydrogens is 292 g/mol. The maximum atomic E-state index is 12.5. The van der Waals surface area contributed by atoms with Gasteiger partial charge in [0.05, 0.1) is 5.41 Å². The molecule has 0 aromatic heterocycles. The zero-order chi connectivity index (χ0) is 16.5. The average molecular weight is 313 g/mol. The minimum Gasteiger partial charge on any atom is -0.459 e. The molecule has 2 rings (SSSR count). The first kappa shape index (κ1) is 16.7. The van der Waals surface area contributed by atoms with Gasteiger partial charge in [-0.3, -0.25) is 4.79 Å². The van der Waals surface area contributed by atoms with Crippen LogP contribution >= 0.6 is 0 Å². The predicted octanol–water partition coefficient (Wildman–Crippen LogP) is 2.99. The number of halogens is 2. The molecule has 1 aliphatic rings. The fourth-order valence-electron chi connectivity index (χ4n) is 2.69. The maximum absolute atomic E-state index is 12.5. The second-order valence-electron chi connectivity index (χ2n) is 6.66. The lowest BCUT2D eigenvalue weighted by Crippen LogP contribution is -2.55. The third-order valence-corrected chi connectivity index (χ3v) is 3.64. The molecule has 0 amide bonds. The highest BCUT2D eigenvalue weighted by Gasteiger charge is 2.52. The van der Waals surface area contributed by atoms with Crippen molar-refractivity contribution in [2.75, 3.05) is 0 Å². The van der Waals surface area contributed by atoms with Crippen molar-refractivity contribution >= 4 is 5.97 Å². The van der Waals surface area contributed by atoms with Gasteiger partial charge < -0.3 is 15.2 Å². The molecule has 0 radical (unpaired) electrons. The molecule has 1 aromatic carbocycles. The zero-order valence-corrected chi connectivity index (χ0v) is 12.9. The summed E-state index contributed by atoms with van der Waals surface area (Å²) in [6.07, 6.45) is 0.966. The van der Waals surface area contributed by atoms with Crippen LogP contribution in [0.1, 0.15) is 39.2 Å². The molecule has 1 aliphatic carbocycles. The van der Waals surface area contributed by atoms with Gasteiger partial charge in [-0.2, -0.15) is 8.78 Å². The average Bonchev–Trinajstić information content (AvgIpc) is 2.33. The predicted molar refractivity (Wildman–Crippen MR) is 77.8 cm³/mol. The molecule has 0 bridgehead atoms. The molecule has 1 saturated carbocycles. The molecule has 0 heterocycles. The summed E-state index contributed by atoms with van der Waals surface area (Å²) in [6.45, 7) is 2.53. The van der Waals surface area contributed by atoms with Crippen molar-refractivity contribution < 1.29 is 23.0 Å². The van der Waals surface area contributed by atoms with Gasteiger partial charge in [-0.05, 0) is 51.3 Å². The van der Waals surface area contributed by atoms with Crippen LogP contribution in [0.2, 0.25) is 0 Å². The van der Waals surface area contributed by atoms with Gasteiger partial charge in [-0.1, -0.05) is 12.1 Å². The molecule has 0 atom stereocenters. The Morgan fingerprint density at radius 2 is 1.82 bits per heavy atom. The third-order valence-electron chi connectivity index (χ3n) is 3.64. The van der Waals surface area contributed by atoms with Crippen molar-refractivity contribution in [2.24, 2.45) is 5.73 Å². The first-order valence-electron chi connectivity index (χ1n) is 7.17. The molecule has 122 valence electrons. The summed E-state index contributed by atoms with van der Waals surface area (Å²) in [7, 11) is 0. The van der Waals surface area contributed by atoms with Crippen molar-refractivity contribution in [3.63, 3.8) is 0 Å². The van der Waals surface area contributed by atoms with Crippen LogP contribution < -0.4 is 10.5 Å². The highest BCUT2D eigenvalue weighted by Crippen LogP contribution is 2.45. The van der Waals surface area contributed by atoms with E-state index in [4.69, 9.17) is 10.5 Å². The number of alkyl halides is 2. The highest BCUT2D eigenvalue weighted by molar-refractivity contribution is 5.85. The lowest BCUT2D eigenvalue weighted by molar-refractivity contribution is -0.166. The second kappa shape index (κ2) is 5.83. The largest absolute Gasteiger partial charge is 0.459 e. The quantitative estimate of drug-likeness (QED) is 0.868. The fourth-order valence-corrected chi connectivity index (χ4v) is 2.69. The molecule has 0 saturated heterocycles. The van der Waals surface area contributed by atoms with Crippen LogP contribution in [0.15, 0.2) is 24.3 Å². The minimum absolute atomic E-state index is 0.0571. The molecule has 4 nitrogen and oxygen atoms in total. The summed E-state index contributed by atoms with van der Waals surface area (Å²) in [5.74, 6) is -0.272. The van der Waals surface area contributed by atoms with Gasteiger partial charge >= 0.3 is 12.6 Å². The first-order valence-corrected chi connectivity index (χ1v) is 7.17. The lowest BCUT2D eigenvalue weighted by Gasteiger charge is -2.45. The molecule has 0 aliphatic heterocycles. The van der Waals surface area contributed by atoms with Crippen molar-refractivity contribution in [1.29, 1.82) is 0 Å². The zero-order valence-electron chi connectivity index (χ0n) is 12.9. The van der Waals surface area contributed by atoms with Crippen molar-refractivity contribution in [1.82, 2.24) is 0 Å². The van der Waals surface area contributed by atoms with E-state index in [1.54, 1.807) is 32.9 Å². The Kier molecular flexibility index (Phi) is 4.42. The van der Waals surface area contributed by atoms with Crippen molar-refractivity contribution in [3.05, 3.63) is 29.8 Å². The van der Waals surface area contributed by atoms with E-state index in [0.717, 1.165) is 0 Å². The van der Waals surface area contributed by atoms with Gasteiger partial charge in [0.15, 0.2) is 0 Å². The van der Waals surface area contributed by atoms with E-state index in [1.165, 1.54) is 12.1 Å². The number of nitrogens with two attached hydrogens (primary N) is 1. The summed E-state index contributed by atoms with van der Waals surface area (Å²) in [5, 5.41) is 0. The molecule has 2 N–H and O–H groups in total. The second-order valence-corrected chi connectivity index (χ2v) is 6.66. The van der Waals surface area contributed by atoms with Crippen LogP contribution in [0, 0.1) is 0 Å². The summed E-state index contributed by atoms with van der Waals surface area (Å²) in [6, 6.07) is 6.03. The van der Waals surface area contributed by atoms with Crippen LogP contribution in [0.5, 0.6) is 5.75 Å². The van der Waals surface area contributed by atoms with E-state index >= 15 is 0 Å². The van der Waals surface area contributed by atoms with Crippen LogP contribution in [0.3, 0.4) is 0 Å². The van der Waals surface area contributed by atoms with E-state index in [0.29, 0.717) is 18.4 Å². The van der Waals surface area contributed by atoms with Crippen LogP contribution in [0.4, 0.5) is 8.78 Å². The van der Waals surface area contributed by atoms with Gasteiger partial charge in [0.2, 0.25) is 0 Å². The van der Waals surface area contributed by atoms with E-state index < -0.39 is 17.6 Å². The number of esters is 1. The SMILES string of the molecule is CC(C)(C)OC(=O)C1(c2ccc(OC(F)F)cc2)CC(N)C1. The number of benzene rings is 1. The molecular formula is C16H21F2NO3. The van der Waals surface area contributed by atoms with E-state index in [-0.39, 0.29) is 17.8 Å². The molecule has 6 heteroatoms. The lowest BCUT2D eigenvalue weighted by atomic mass is 9.61. The van der Waals surface area contributed by atoms with Crippen LogP contribution in [-0.2, 0) is 14.9 Å². The summed E-state index contributed by atoms with van der Waals surface area (Å²) >= 11 is 0. The van der Waals surface area contributed by atoms with Gasteiger partial charge in [-0.15, -0.1) is 0 Å². The Hall–Kier alpha value is -1.69. The van der Waals surface area contributed by atoms with Crippen molar-refractivity contribution in [3.8, 4) is 5.75 Å². The summed E-state index contributed by atoms with van der Waals surface area (Å²) in [4.78, 5) is 12.5. The summed E-state index contributed by atoms with van der Waals surface area (Å²) < 4.78 is 34.2. The number of hydrogen-bond acceptors (Lipinski definition) is 4. The number of carbonyl (C=O) groups is 1. The first-order chi connectivity index (χ1) is 10.1. The summed E-state index contributed by atoms with van der Waals surface area (Å²) in [5.41, 5.74) is 5.18. The number of rotatable bonds is 4. The van der Waals surface area contributed by atoms with E-state index in [9.17, 15) is 13.6 Å². The Morgan fingerprint density at radius 1 is 1.27 bits per heavy atom. The standard InChI is InChI=1S/C16H21F2NO3/c1-15(2,3)22-13(20)16(8-11(19)9-16)10-4-6-12(7-5-10)21-14(17)18/h4-7,11,14H,8-9,19H2,1-3H3. The Bertz CT molecular complexity index is 531. The third kappa shape index (κ3) is 3.55. The van der Waals surface area contributed by atoms with E-state index in [1.807, 2.05) is 0 Å². The monoisotopic (exact) mass is 313 g/mol.